The van der Waals surface area contributed by atoms with Crippen LogP contribution in [0.15, 0.2) is 18.2 Å². The summed E-state index contributed by atoms with van der Waals surface area (Å²) in [5.74, 6) is 0.0690. The number of aromatic nitrogens is 2. The number of aromatic amines is 1. The number of hydrogen-bond donors (Lipinski definition) is 3. The van der Waals surface area contributed by atoms with E-state index in [1.807, 2.05) is 0 Å². The number of primary amides is 1. The molecule has 1 atom stereocenters. The summed E-state index contributed by atoms with van der Waals surface area (Å²) in [5.41, 5.74) is 7.72. The molecule has 1 aliphatic rings. The van der Waals surface area contributed by atoms with Gasteiger partial charge in [0.15, 0.2) is 0 Å². The third kappa shape index (κ3) is 3.01. The Morgan fingerprint density at radius 1 is 1.42 bits per heavy atom. The number of benzene rings is 1. The molecule has 0 aliphatic carbocycles. The van der Waals surface area contributed by atoms with Crippen molar-refractivity contribution in [3.8, 4) is 10.7 Å². The van der Waals surface area contributed by atoms with Gasteiger partial charge in [0.25, 0.3) is 5.91 Å². The molecule has 0 radical (unpaired) electrons. The second kappa shape index (κ2) is 6.48. The smallest absolute Gasteiger partial charge is 0.251 e. The topological polar surface area (TPSA) is 83.8 Å². The van der Waals surface area contributed by atoms with E-state index in [1.165, 1.54) is 16.5 Å². The number of fused-ring (bicyclic) bond motifs is 2. The van der Waals surface area contributed by atoms with Gasteiger partial charge in [-0.3, -0.25) is 4.79 Å². The van der Waals surface area contributed by atoms with Gasteiger partial charge >= 0.3 is 0 Å². The number of nitrogens with two attached hydrogens (primary N) is 1. The lowest BCUT2D eigenvalue weighted by molar-refractivity contribution is 0.100. The van der Waals surface area contributed by atoms with E-state index in [9.17, 15) is 9.18 Å². The molecule has 3 heterocycles. The number of nitrogens with one attached hydrogen (secondary N) is 2. The SMILES string of the molecule is CC(C)CC1NCCc2cc(-c3nc4c(C(N)=O)cc(F)cc4[nH]3)sc21. The minimum Gasteiger partial charge on any atom is -0.366 e. The number of rotatable bonds is 4. The summed E-state index contributed by atoms with van der Waals surface area (Å²) in [6.45, 7) is 5.42. The molecule has 3 aromatic rings. The lowest BCUT2D eigenvalue weighted by atomic mass is 9.96. The van der Waals surface area contributed by atoms with Crippen LogP contribution in [0.25, 0.3) is 21.7 Å². The van der Waals surface area contributed by atoms with Crippen LogP contribution in [0.2, 0.25) is 0 Å². The Balaban J connectivity index is 1.78. The number of halogens is 1. The van der Waals surface area contributed by atoms with Crippen LogP contribution in [0.4, 0.5) is 4.39 Å². The molecule has 26 heavy (non-hydrogen) atoms. The fourth-order valence-electron chi connectivity index (χ4n) is 3.57. The molecule has 7 heteroatoms. The van der Waals surface area contributed by atoms with Gasteiger partial charge in [-0.25, -0.2) is 9.37 Å². The van der Waals surface area contributed by atoms with Crippen LogP contribution >= 0.6 is 11.3 Å². The summed E-state index contributed by atoms with van der Waals surface area (Å²) in [7, 11) is 0. The Morgan fingerprint density at radius 3 is 2.96 bits per heavy atom. The molecule has 0 bridgehead atoms. The Kier molecular flexibility index (Phi) is 4.28. The second-order valence-corrected chi connectivity index (χ2v) is 8.27. The second-order valence-electron chi connectivity index (χ2n) is 7.19. The monoisotopic (exact) mass is 372 g/mol. The summed E-state index contributed by atoms with van der Waals surface area (Å²) in [6, 6.07) is 5.00. The molecular formula is C19H21FN4OS. The van der Waals surface area contributed by atoms with Crippen LogP contribution in [0, 0.1) is 11.7 Å². The van der Waals surface area contributed by atoms with E-state index >= 15 is 0 Å². The quantitative estimate of drug-likeness (QED) is 0.652. The molecule has 136 valence electrons. The Labute approximate surface area is 154 Å². The van der Waals surface area contributed by atoms with Crippen LogP contribution in [0.3, 0.4) is 0 Å². The Bertz CT molecular complexity index is 991. The van der Waals surface area contributed by atoms with Crippen molar-refractivity contribution in [1.82, 2.24) is 15.3 Å². The van der Waals surface area contributed by atoms with E-state index < -0.39 is 11.7 Å². The fraction of sp³-hybridized carbons (Fsp3) is 0.368. The zero-order chi connectivity index (χ0) is 18.4. The molecule has 5 nitrogen and oxygen atoms in total. The highest BCUT2D eigenvalue weighted by atomic mass is 32.1. The zero-order valence-corrected chi connectivity index (χ0v) is 15.5. The van der Waals surface area contributed by atoms with Crippen LogP contribution in [-0.4, -0.2) is 22.4 Å². The molecular weight excluding hydrogens is 351 g/mol. The van der Waals surface area contributed by atoms with Crippen molar-refractivity contribution in [2.24, 2.45) is 11.7 Å². The van der Waals surface area contributed by atoms with Crippen molar-refractivity contribution in [3.05, 3.63) is 40.0 Å². The molecule has 2 aromatic heterocycles. The fourth-order valence-corrected chi connectivity index (χ4v) is 4.82. The highest BCUT2D eigenvalue weighted by molar-refractivity contribution is 7.15. The van der Waals surface area contributed by atoms with Gasteiger partial charge in [-0.15, -0.1) is 11.3 Å². The van der Waals surface area contributed by atoms with E-state index in [0.29, 0.717) is 28.8 Å². The largest absolute Gasteiger partial charge is 0.366 e. The van der Waals surface area contributed by atoms with Crippen LogP contribution in [0.1, 0.15) is 47.1 Å². The summed E-state index contributed by atoms with van der Waals surface area (Å²) >= 11 is 1.71. The molecule has 1 amide bonds. The molecule has 4 N–H and O–H groups in total. The summed E-state index contributed by atoms with van der Waals surface area (Å²) in [6.07, 6.45) is 2.08. The first-order valence-corrected chi connectivity index (χ1v) is 9.59. The standard InChI is InChI=1S/C19H21FN4OS/c1-9(2)5-14-17-10(3-4-22-14)6-15(26-17)19-23-13-8-11(20)7-12(18(21)25)16(13)24-19/h6-9,14,22H,3-5H2,1-2H3,(H2,21,25)(H,23,24). The molecule has 1 unspecified atom stereocenters. The number of nitrogens with zero attached hydrogens (tertiary/aromatic N) is 1. The summed E-state index contributed by atoms with van der Waals surface area (Å²) < 4.78 is 13.8. The highest BCUT2D eigenvalue weighted by Gasteiger charge is 2.25. The first kappa shape index (κ1) is 17.2. The third-order valence-corrected chi connectivity index (χ3v) is 6.00. The van der Waals surface area contributed by atoms with E-state index in [0.717, 1.165) is 30.3 Å². The van der Waals surface area contributed by atoms with Gasteiger partial charge in [-0.1, -0.05) is 13.8 Å². The van der Waals surface area contributed by atoms with Gasteiger partial charge in [0.1, 0.15) is 17.2 Å². The van der Waals surface area contributed by atoms with Crippen LogP contribution in [0.5, 0.6) is 0 Å². The maximum atomic E-state index is 13.8. The number of carbonyl (C=O) groups is 1. The predicted octanol–water partition coefficient (Wildman–Crippen LogP) is 3.76. The molecule has 0 spiro atoms. The number of amides is 1. The predicted molar refractivity (Wildman–Crippen MR) is 102 cm³/mol. The average molecular weight is 372 g/mol. The van der Waals surface area contributed by atoms with E-state index in [2.05, 4.69) is 35.2 Å². The van der Waals surface area contributed by atoms with Gasteiger partial charge in [-0.2, -0.15) is 0 Å². The van der Waals surface area contributed by atoms with E-state index in [1.54, 1.807) is 11.3 Å². The first-order chi connectivity index (χ1) is 12.4. The maximum Gasteiger partial charge on any atom is 0.251 e. The summed E-state index contributed by atoms with van der Waals surface area (Å²) in [5, 5.41) is 3.60. The zero-order valence-electron chi connectivity index (χ0n) is 14.7. The number of H-pyrrole nitrogens is 1. The molecule has 0 saturated heterocycles. The van der Waals surface area contributed by atoms with Crippen LogP contribution in [-0.2, 0) is 6.42 Å². The Hall–Kier alpha value is -2.25. The Morgan fingerprint density at radius 2 is 2.23 bits per heavy atom. The van der Waals surface area contributed by atoms with Gasteiger partial charge in [0, 0.05) is 10.9 Å². The van der Waals surface area contributed by atoms with Crippen molar-refractivity contribution in [2.45, 2.75) is 32.7 Å². The highest BCUT2D eigenvalue weighted by Crippen LogP contribution is 2.39. The summed E-state index contributed by atoms with van der Waals surface area (Å²) in [4.78, 5) is 21.6. The molecule has 0 saturated carbocycles. The van der Waals surface area contributed by atoms with Gasteiger partial charge in [-0.05, 0) is 49.1 Å². The molecule has 0 fully saturated rings. The number of hydrogen-bond acceptors (Lipinski definition) is 4. The third-order valence-electron chi connectivity index (χ3n) is 4.70. The van der Waals surface area contributed by atoms with Crippen molar-refractivity contribution in [2.75, 3.05) is 6.54 Å². The van der Waals surface area contributed by atoms with Gasteiger partial charge < -0.3 is 16.0 Å². The van der Waals surface area contributed by atoms with Crippen LogP contribution < -0.4 is 11.1 Å². The van der Waals surface area contributed by atoms with E-state index in [4.69, 9.17) is 5.73 Å². The van der Waals surface area contributed by atoms with Gasteiger partial charge in [0.2, 0.25) is 0 Å². The lowest BCUT2D eigenvalue weighted by Crippen LogP contribution is -2.29. The van der Waals surface area contributed by atoms with Crippen molar-refractivity contribution < 1.29 is 9.18 Å². The van der Waals surface area contributed by atoms with Crippen molar-refractivity contribution in [1.29, 1.82) is 0 Å². The minimum absolute atomic E-state index is 0.100. The van der Waals surface area contributed by atoms with Crippen molar-refractivity contribution >= 4 is 28.3 Å². The number of carbonyl (C=O) groups excluding carboxylic acids is 1. The maximum absolute atomic E-state index is 13.8. The first-order valence-electron chi connectivity index (χ1n) is 8.77. The van der Waals surface area contributed by atoms with Crippen molar-refractivity contribution in [3.63, 3.8) is 0 Å². The molecule has 4 rings (SSSR count). The van der Waals surface area contributed by atoms with Gasteiger partial charge in [0.05, 0.1) is 16.0 Å². The molecule has 1 aromatic carbocycles. The average Bonchev–Trinajstić information content (AvgIpc) is 3.17. The number of imidazole rings is 1. The molecule has 1 aliphatic heterocycles. The number of thiophene rings is 1. The normalized spacial score (nSPS) is 17.0. The lowest BCUT2D eigenvalue weighted by Gasteiger charge is -2.25. The minimum atomic E-state index is -0.681. The van der Waals surface area contributed by atoms with E-state index in [-0.39, 0.29) is 5.56 Å².